The van der Waals surface area contributed by atoms with Gasteiger partial charge in [0.25, 0.3) is 0 Å². The second-order valence-corrected chi connectivity index (χ2v) is 7.12. The normalized spacial score (nSPS) is 22.6. The summed E-state index contributed by atoms with van der Waals surface area (Å²) >= 11 is 0. The molecule has 1 aromatic rings. The molecule has 0 saturated carbocycles. The molecule has 1 atom stereocenters. The van der Waals surface area contributed by atoms with Crippen LogP contribution in [-0.4, -0.2) is 60.5 Å². The largest absolute Gasteiger partial charge is 0.381 e. The summed E-state index contributed by atoms with van der Waals surface area (Å²) in [5.74, 6) is 0.323. The van der Waals surface area contributed by atoms with Gasteiger partial charge >= 0.3 is 0 Å². The van der Waals surface area contributed by atoms with Gasteiger partial charge in [0.2, 0.25) is 11.8 Å². The summed E-state index contributed by atoms with van der Waals surface area (Å²) in [5, 5.41) is 0. The van der Waals surface area contributed by atoms with E-state index in [4.69, 9.17) is 4.74 Å². The van der Waals surface area contributed by atoms with Gasteiger partial charge in [0, 0.05) is 32.3 Å². The van der Waals surface area contributed by atoms with Gasteiger partial charge in [-0.1, -0.05) is 30.3 Å². The summed E-state index contributed by atoms with van der Waals surface area (Å²) in [4.78, 5) is 29.0. The first-order valence-electron chi connectivity index (χ1n) is 9.25. The molecule has 5 nitrogen and oxygen atoms in total. The molecule has 0 aliphatic carbocycles. The maximum atomic E-state index is 12.8. The molecule has 2 aliphatic heterocycles. The monoisotopic (exact) mass is 344 g/mol. The van der Waals surface area contributed by atoms with Crippen LogP contribution >= 0.6 is 0 Å². The molecule has 3 rings (SSSR count). The number of likely N-dealkylation sites (tertiary alicyclic amines) is 2. The Morgan fingerprint density at radius 1 is 1.24 bits per heavy atom. The highest BCUT2D eigenvalue weighted by molar-refractivity contribution is 5.87. The number of ether oxygens (including phenoxy) is 1. The van der Waals surface area contributed by atoms with Crippen LogP contribution in [0.25, 0.3) is 0 Å². The molecule has 2 heterocycles. The molecule has 0 unspecified atom stereocenters. The van der Waals surface area contributed by atoms with E-state index in [-0.39, 0.29) is 23.3 Å². The van der Waals surface area contributed by atoms with E-state index in [2.05, 4.69) is 0 Å². The number of hydrogen-bond donors (Lipinski definition) is 0. The Kier molecular flexibility index (Phi) is 5.42. The molecule has 2 amide bonds. The Balaban J connectivity index is 1.62. The minimum atomic E-state index is -0.103. The number of likely N-dealkylation sites (N-methyl/N-ethyl adjacent to an activating group) is 1. The van der Waals surface area contributed by atoms with Crippen molar-refractivity contribution in [2.45, 2.75) is 44.1 Å². The molecule has 2 fully saturated rings. The molecule has 0 aromatic heterocycles. The number of benzene rings is 1. The molecule has 2 saturated heterocycles. The van der Waals surface area contributed by atoms with Gasteiger partial charge in [-0.05, 0) is 31.7 Å². The topological polar surface area (TPSA) is 49.9 Å². The average Bonchev–Trinajstić information content (AvgIpc) is 2.88. The Hall–Kier alpha value is -1.88. The van der Waals surface area contributed by atoms with Crippen molar-refractivity contribution in [1.82, 2.24) is 9.80 Å². The van der Waals surface area contributed by atoms with Crippen molar-refractivity contribution in [2.24, 2.45) is 0 Å². The minimum absolute atomic E-state index is 0.0496. The third kappa shape index (κ3) is 3.56. The number of carbonyl (C=O) groups excluding carboxylic acids is 2. The molecule has 0 radical (unpaired) electrons. The zero-order valence-electron chi connectivity index (χ0n) is 15.2. The van der Waals surface area contributed by atoms with Gasteiger partial charge in [-0.2, -0.15) is 0 Å². The van der Waals surface area contributed by atoms with Crippen molar-refractivity contribution in [3.8, 4) is 0 Å². The first kappa shape index (κ1) is 17.9. The minimum Gasteiger partial charge on any atom is -0.381 e. The lowest BCUT2D eigenvalue weighted by molar-refractivity contribution is -0.136. The lowest BCUT2D eigenvalue weighted by atomic mass is 9.81. The molecular formula is C20H28N2O3. The Morgan fingerprint density at radius 2 is 1.92 bits per heavy atom. The molecule has 5 heteroatoms. The molecule has 136 valence electrons. The van der Waals surface area contributed by atoms with E-state index in [1.54, 1.807) is 0 Å². The van der Waals surface area contributed by atoms with Gasteiger partial charge < -0.3 is 14.5 Å². The summed E-state index contributed by atoms with van der Waals surface area (Å²) in [7, 11) is 1.93. The second-order valence-electron chi connectivity index (χ2n) is 7.12. The van der Waals surface area contributed by atoms with Gasteiger partial charge in [-0.3, -0.25) is 9.59 Å². The van der Waals surface area contributed by atoms with E-state index in [0.29, 0.717) is 19.6 Å². The van der Waals surface area contributed by atoms with Crippen molar-refractivity contribution < 1.29 is 14.3 Å². The van der Waals surface area contributed by atoms with Crippen molar-refractivity contribution in [3.05, 3.63) is 35.9 Å². The van der Waals surface area contributed by atoms with E-state index in [1.807, 2.05) is 54.1 Å². The van der Waals surface area contributed by atoms with Gasteiger partial charge in [-0.25, -0.2) is 0 Å². The highest BCUT2D eigenvalue weighted by Crippen LogP contribution is 2.44. The number of rotatable bonds is 5. The van der Waals surface area contributed by atoms with Crippen LogP contribution in [0, 0.1) is 0 Å². The van der Waals surface area contributed by atoms with E-state index >= 15 is 0 Å². The number of nitrogens with zero attached hydrogens (tertiary/aromatic N) is 2. The van der Waals surface area contributed by atoms with Gasteiger partial charge in [-0.15, -0.1) is 0 Å². The number of piperidine rings is 1. The quantitative estimate of drug-likeness (QED) is 0.771. The fourth-order valence-electron chi connectivity index (χ4n) is 4.19. The van der Waals surface area contributed by atoms with Gasteiger partial charge in [0.15, 0.2) is 0 Å². The molecule has 25 heavy (non-hydrogen) atoms. The van der Waals surface area contributed by atoms with Gasteiger partial charge in [0.05, 0.1) is 18.9 Å². The summed E-state index contributed by atoms with van der Waals surface area (Å²) in [5.41, 5.74) is 1.00. The summed E-state index contributed by atoms with van der Waals surface area (Å²) in [6.07, 6.45) is 3.02. The fraction of sp³-hybridized carbons (Fsp3) is 0.600. The lowest BCUT2D eigenvalue weighted by Gasteiger charge is -2.43. The number of amides is 2. The van der Waals surface area contributed by atoms with Crippen LogP contribution < -0.4 is 0 Å². The first-order valence-corrected chi connectivity index (χ1v) is 9.25. The van der Waals surface area contributed by atoms with E-state index < -0.39 is 0 Å². The number of carbonyl (C=O) groups is 2. The van der Waals surface area contributed by atoms with Crippen molar-refractivity contribution >= 4 is 11.8 Å². The van der Waals surface area contributed by atoms with Crippen LogP contribution in [-0.2, 0) is 14.3 Å². The smallest absolute Gasteiger partial charge is 0.230 e. The van der Waals surface area contributed by atoms with Gasteiger partial charge in [0.1, 0.15) is 0 Å². The van der Waals surface area contributed by atoms with Crippen molar-refractivity contribution in [1.29, 1.82) is 0 Å². The van der Waals surface area contributed by atoms with E-state index in [1.165, 1.54) is 0 Å². The van der Waals surface area contributed by atoms with Crippen molar-refractivity contribution in [3.63, 3.8) is 0 Å². The van der Waals surface area contributed by atoms with Crippen LogP contribution in [0.15, 0.2) is 30.3 Å². The van der Waals surface area contributed by atoms with Crippen LogP contribution in [0.3, 0.4) is 0 Å². The summed E-state index contributed by atoms with van der Waals surface area (Å²) in [6, 6.07) is 10.1. The molecule has 1 aromatic carbocycles. The molecular weight excluding hydrogens is 316 g/mol. The summed E-state index contributed by atoms with van der Waals surface area (Å²) in [6.45, 7) is 4.52. The van der Waals surface area contributed by atoms with Crippen LogP contribution in [0.1, 0.15) is 44.1 Å². The fourth-order valence-corrected chi connectivity index (χ4v) is 4.19. The summed E-state index contributed by atoms with van der Waals surface area (Å²) < 4.78 is 5.28. The highest BCUT2D eigenvalue weighted by Gasteiger charge is 2.50. The number of hydrogen-bond acceptors (Lipinski definition) is 3. The molecule has 2 aliphatic rings. The average molecular weight is 344 g/mol. The zero-order valence-corrected chi connectivity index (χ0v) is 15.2. The standard InChI is InChI=1S/C20H28N2O3/c1-3-25-14-9-18(23)22-12-10-20(11-13-22)15-17(19(24)21(20)2)16-7-5-4-6-8-16/h4-8,17H,3,9-15H2,1-2H3/t17-/m0/s1. The third-order valence-corrected chi connectivity index (χ3v) is 5.84. The second kappa shape index (κ2) is 7.56. The maximum Gasteiger partial charge on any atom is 0.230 e. The third-order valence-electron chi connectivity index (χ3n) is 5.84. The predicted octanol–water partition coefficient (Wildman–Crippen LogP) is 2.42. The van der Waals surface area contributed by atoms with Crippen LogP contribution in [0.4, 0.5) is 0 Å². The SMILES string of the molecule is CCOCCC(=O)N1CCC2(CC1)C[C@@H](c1ccccc1)C(=O)N2C. The van der Waals surface area contributed by atoms with Crippen molar-refractivity contribution in [2.75, 3.05) is 33.4 Å². The molecule has 0 bridgehead atoms. The molecule has 0 N–H and O–H groups in total. The Bertz CT molecular complexity index is 609. The Labute approximate surface area is 149 Å². The highest BCUT2D eigenvalue weighted by atomic mass is 16.5. The van der Waals surface area contributed by atoms with Crippen LogP contribution in [0.2, 0.25) is 0 Å². The predicted molar refractivity (Wildman–Crippen MR) is 96.2 cm³/mol. The first-order chi connectivity index (χ1) is 12.1. The molecule has 1 spiro atoms. The van der Waals surface area contributed by atoms with Crippen LogP contribution in [0.5, 0.6) is 0 Å². The van der Waals surface area contributed by atoms with E-state index in [0.717, 1.165) is 37.9 Å². The van der Waals surface area contributed by atoms with E-state index in [9.17, 15) is 9.59 Å². The zero-order chi connectivity index (χ0) is 17.9. The Morgan fingerprint density at radius 3 is 2.56 bits per heavy atom. The maximum absolute atomic E-state index is 12.8. The lowest BCUT2D eigenvalue weighted by Crippen LogP contribution is -2.52.